The molecule has 1 saturated heterocycles. The smallest absolute Gasteiger partial charge is 0.270 e. The van der Waals surface area contributed by atoms with E-state index in [0.29, 0.717) is 18.7 Å². The molecule has 2 aromatic rings. The Morgan fingerprint density at radius 2 is 2.22 bits per heavy atom. The van der Waals surface area contributed by atoms with Gasteiger partial charge in [0.25, 0.3) is 5.91 Å². The summed E-state index contributed by atoms with van der Waals surface area (Å²) >= 11 is 0. The van der Waals surface area contributed by atoms with Gasteiger partial charge < -0.3 is 9.88 Å². The van der Waals surface area contributed by atoms with Gasteiger partial charge in [-0.05, 0) is 31.0 Å². The molecule has 0 bridgehead atoms. The van der Waals surface area contributed by atoms with E-state index in [0.717, 1.165) is 16.5 Å². The van der Waals surface area contributed by atoms with Crippen molar-refractivity contribution in [2.45, 2.75) is 19.4 Å². The highest BCUT2D eigenvalue weighted by atomic mass is 32.2. The minimum Gasteiger partial charge on any atom is -0.351 e. The summed E-state index contributed by atoms with van der Waals surface area (Å²) in [7, 11) is -3.04. The molecule has 0 saturated carbocycles. The quantitative estimate of drug-likeness (QED) is 0.873. The Hall–Kier alpha value is -2.08. The van der Waals surface area contributed by atoms with Crippen LogP contribution in [0.5, 0.6) is 0 Å². The van der Waals surface area contributed by atoms with Crippen LogP contribution in [0, 0.1) is 6.92 Å². The van der Waals surface area contributed by atoms with Gasteiger partial charge in [0.15, 0.2) is 9.84 Å². The van der Waals surface area contributed by atoms with Gasteiger partial charge in [-0.3, -0.25) is 4.79 Å². The Kier molecular flexibility index (Phi) is 4.02. The standard InChI is InChI=1S/C17H20N2O3S/c1-3-7-19(14-6-8-23(21,22)11-14)17(20)16-10-13-5-4-12(2)9-15(13)18-16/h3-5,9-10,14,18H,1,6-8,11H2,2H3/t14-/m0/s1. The number of aryl methyl sites for hydroxylation is 1. The molecule has 1 fully saturated rings. The number of H-pyrrole nitrogens is 1. The Bertz CT molecular complexity index is 867. The summed E-state index contributed by atoms with van der Waals surface area (Å²) in [5.74, 6) is -0.00278. The van der Waals surface area contributed by atoms with Gasteiger partial charge in [0.1, 0.15) is 5.69 Å². The van der Waals surface area contributed by atoms with Crippen molar-refractivity contribution in [3.05, 3.63) is 48.2 Å². The molecule has 5 nitrogen and oxygen atoms in total. The van der Waals surface area contributed by atoms with Gasteiger partial charge in [-0.1, -0.05) is 18.2 Å². The fourth-order valence-corrected chi connectivity index (χ4v) is 4.80. The van der Waals surface area contributed by atoms with E-state index in [2.05, 4.69) is 11.6 Å². The number of carbonyl (C=O) groups excluding carboxylic acids is 1. The van der Waals surface area contributed by atoms with Crippen LogP contribution in [0.3, 0.4) is 0 Å². The van der Waals surface area contributed by atoms with Crippen molar-refractivity contribution in [2.75, 3.05) is 18.1 Å². The second-order valence-electron chi connectivity index (χ2n) is 6.08. The molecule has 0 unspecified atom stereocenters. The van der Waals surface area contributed by atoms with Crippen LogP contribution in [0.2, 0.25) is 0 Å². The molecule has 0 spiro atoms. The van der Waals surface area contributed by atoms with Crippen molar-refractivity contribution >= 4 is 26.6 Å². The molecule has 0 radical (unpaired) electrons. The van der Waals surface area contributed by atoms with Crippen molar-refractivity contribution in [2.24, 2.45) is 0 Å². The fraction of sp³-hybridized carbons (Fsp3) is 0.353. The number of carbonyl (C=O) groups is 1. The van der Waals surface area contributed by atoms with Crippen molar-refractivity contribution in [3.8, 4) is 0 Å². The number of fused-ring (bicyclic) bond motifs is 1. The molecule has 1 atom stereocenters. The molecule has 1 aliphatic heterocycles. The maximum atomic E-state index is 12.8. The largest absolute Gasteiger partial charge is 0.351 e. The predicted molar refractivity (Wildman–Crippen MR) is 91.3 cm³/mol. The van der Waals surface area contributed by atoms with Gasteiger partial charge in [0, 0.05) is 23.5 Å². The summed E-state index contributed by atoms with van der Waals surface area (Å²) in [6.45, 7) is 6.02. The van der Waals surface area contributed by atoms with E-state index < -0.39 is 9.84 Å². The first kappa shape index (κ1) is 15.8. The Balaban J connectivity index is 1.92. The lowest BCUT2D eigenvalue weighted by molar-refractivity contribution is 0.0715. The van der Waals surface area contributed by atoms with Crippen LogP contribution >= 0.6 is 0 Å². The number of benzene rings is 1. The molecule has 1 amide bonds. The minimum absolute atomic E-state index is 0.0336. The summed E-state index contributed by atoms with van der Waals surface area (Å²) in [4.78, 5) is 17.6. The van der Waals surface area contributed by atoms with Crippen molar-refractivity contribution in [1.29, 1.82) is 0 Å². The third-order valence-corrected chi connectivity index (χ3v) is 5.99. The highest BCUT2D eigenvalue weighted by Crippen LogP contribution is 2.22. The minimum atomic E-state index is -3.04. The van der Waals surface area contributed by atoms with Crippen LogP contribution in [-0.4, -0.2) is 48.3 Å². The molecule has 1 aromatic carbocycles. The fourth-order valence-electron chi connectivity index (χ4n) is 3.07. The summed E-state index contributed by atoms with van der Waals surface area (Å²) in [5, 5.41) is 0.969. The second kappa shape index (κ2) is 5.85. The maximum absolute atomic E-state index is 12.8. The molecule has 1 aromatic heterocycles. The molecule has 3 rings (SSSR count). The predicted octanol–water partition coefficient (Wildman–Crippen LogP) is 2.29. The maximum Gasteiger partial charge on any atom is 0.270 e. The number of hydrogen-bond donors (Lipinski definition) is 1. The van der Waals surface area contributed by atoms with Crippen LogP contribution in [-0.2, 0) is 9.84 Å². The summed E-state index contributed by atoms with van der Waals surface area (Å²) < 4.78 is 23.4. The van der Waals surface area contributed by atoms with Crippen molar-refractivity contribution in [1.82, 2.24) is 9.88 Å². The van der Waals surface area contributed by atoms with Crippen LogP contribution in [0.25, 0.3) is 10.9 Å². The first-order valence-corrected chi connectivity index (χ1v) is 9.43. The van der Waals surface area contributed by atoms with Crippen molar-refractivity contribution in [3.63, 3.8) is 0 Å². The molecular formula is C17H20N2O3S. The molecule has 2 heterocycles. The summed E-state index contributed by atoms with van der Waals surface area (Å²) in [5.41, 5.74) is 2.51. The van der Waals surface area contributed by atoms with E-state index in [4.69, 9.17) is 0 Å². The average Bonchev–Trinajstić information content (AvgIpc) is 3.06. The topological polar surface area (TPSA) is 70.2 Å². The number of hydrogen-bond acceptors (Lipinski definition) is 3. The molecule has 122 valence electrons. The van der Waals surface area contributed by atoms with E-state index >= 15 is 0 Å². The van der Waals surface area contributed by atoms with Crippen molar-refractivity contribution < 1.29 is 13.2 Å². The van der Waals surface area contributed by atoms with Gasteiger partial charge in [-0.2, -0.15) is 0 Å². The van der Waals surface area contributed by atoms with Crippen LogP contribution < -0.4 is 0 Å². The summed E-state index contributed by atoms with van der Waals surface area (Å²) in [6, 6.07) is 7.49. The Labute approximate surface area is 135 Å². The van der Waals surface area contributed by atoms with Gasteiger partial charge in [-0.25, -0.2) is 8.42 Å². The highest BCUT2D eigenvalue weighted by molar-refractivity contribution is 7.91. The molecule has 1 aliphatic rings. The second-order valence-corrected chi connectivity index (χ2v) is 8.31. The molecule has 6 heteroatoms. The number of aromatic amines is 1. The molecule has 23 heavy (non-hydrogen) atoms. The van der Waals surface area contributed by atoms with E-state index in [9.17, 15) is 13.2 Å². The van der Waals surface area contributed by atoms with E-state index in [1.165, 1.54) is 0 Å². The lowest BCUT2D eigenvalue weighted by atomic mass is 10.2. The molecular weight excluding hydrogens is 312 g/mol. The Morgan fingerprint density at radius 1 is 1.43 bits per heavy atom. The molecule has 1 N–H and O–H groups in total. The van der Waals surface area contributed by atoms with Gasteiger partial charge in [0.05, 0.1) is 11.5 Å². The lowest BCUT2D eigenvalue weighted by Gasteiger charge is -2.26. The van der Waals surface area contributed by atoms with Gasteiger partial charge >= 0.3 is 0 Å². The first-order chi connectivity index (χ1) is 10.9. The third-order valence-electron chi connectivity index (χ3n) is 4.24. The van der Waals surface area contributed by atoms with E-state index in [1.807, 2.05) is 31.2 Å². The van der Waals surface area contributed by atoms with E-state index in [1.54, 1.807) is 11.0 Å². The van der Waals surface area contributed by atoms with Crippen LogP contribution in [0.15, 0.2) is 36.9 Å². The SMILES string of the molecule is C=CCN(C(=O)c1cc2ccc(C)cc2[nH]1)[C@H]1CCS(=O)(=O)C1. The third kappa shape index (κ3) is 3.17. The monoisotopic (exact) mass is 332 g/mol. The van der Waals surface area contributed by atoms with Crippen LogP contribution in [0.1, 0.15) is 22.5 Å². The normalized spacial score (nSPS) is 19.8. The zero-order valence-corrected chi connectivity index (χ0v) is 13.9. The van der Waals surface area contributed by atoms with E-state index in [-0.39, 0.29) is 23.5 Å². The van der Waals surface area contributed by atoms with Gasteiger partial charge in [0.2, 0.25) is 0 Å². The zero-order chi connectivity index (χ0) is 16.6. The number of rotatable bonds is 4. The lowest BCUT2D eigenvalue weighted by Crippen LogP contribution is -2.41. The molecule has 0 aliphatic carbocycles. The highest BCUT2D eigenvalue weighted by Gasteiger charge is 2.34. The number of amides is 1. The van der Waals surface area contributed by atoms with Crippen LogP contribution in [0.4, 0.5) is 0 Å². The number of nitrogens with one attached hydrogen (secondary N) is 1. The van der Waals surface area contributed by atoms with Gasteiger partial charge in [-0.15, -0.1) is 6.58 Å². The first-order valence-electron chi connectivity index (χ1n) is 7.61. The number of sulfone groups is 1. The Morgan fingerprint density at radius 3 is 2.87 bits per heavy atom. The zero-order valence-electron chi connectivity index (χ0n) is 13.1. The number of aromatic nitrogens is 1. The number of nitrogens with zero attached hydrogens (tertiary/aromatic N) is 1. The summed E-state index contributed by atoms with van der Waals surface area (Å²) in [6.07, 6.45) is 2.12. The average molecular weight is 332 g/mol.